The van der Waals surface area contributed by atoms with Crippen molar-refractivity contribution in [3.05, 3.63) is 170 Å². The molecule has 48 heavy (non-hydrogen) atoms. The number of hydrogen-bond donors (Lipinski definition) is 0. The Kier molecular flexibility index (Phi) is 6.76. The molecule has 2 heterocycles. The summed E-state index contributed by atoms with van der Waals surface area (Å²) in [6, 6.07) is 58.8. The molecule has 0 atom stereocenters. The van der Waals surface area contributed by atoms with E-state index in [1.54, 1.807) is 0 Å². The molecule has 0 aliphatic rings. The van der Waals surface area contributed by atoms with Crippen molar-refractivity contribution in [3.63, 3.8) is 0 Å². The molecule has 0 saturated heterocycles. The average Bonchev–Trinajstić information content (AvgIpc) is 3.17. The lowest BCUT2D eigenvalue weighted by atomic mass is 9.92. The third-order valence-electron chi connectivity index (χ3n) is 8.90. The van der Waals surface area contributed by atoms with Crippen LogP contribution in [-0.2, 0) is 0 Å². The lowest BCUT2D eigenvalue weighted by molar-refractivity contribution is 1.07. The molecule has 224 valence electrons. The summed E-state index contributed by atoms with van der Waals surface area (Å²) in [7, 11) is 0. The van der Waals surface area contributed by atoms with E-state index in [2.05, 4.69) is 109 Å². The zero-order valence-electron chi connectivity index (χ0n) is 26.0. The summed E-state index contributed by atoms with van der Waals surface area (Å²) in [5.74, 6) is 1.95. The SMILES string of the molecule is c1ccc(-c2nc(-c3ccccc3)nc(-c3ccc(-c4cccc(-c5c6ccccc6nc6c5ccc5ccccc56)c4)cc3)n2)cc1. The van der Waals surface area contributed by atoms with Crippen molar-refractivity contribution in [1.82, 2.24) is 19.9 Å². The van der Waals surface area contributed by atoms with E-state index >= 15 is 0 Å². The van der Waals surface area contributed by atoms with Gasteiger partial charge in [0.25, 0.3) is 0 Å². The largest absolute Gasteiger partial charge is 0.247 e. The molecule has 9 aromatic rings. The van der Waals surface area contributed by atoms with Gasteiger partial charge >= 0.3 is 0 Å². The van der Waals surface area contributed by atoms with Gasteiger partial charge in [-0.05, 0) is 34.2 Å². The molecule has 0 aliphatic heterocycles. The maximum Gasteiger partial charge on any atom is 0.164 e. The summed E-state index contributed by atoms with van der Waals surface area (Å²) in [4.78, 5) is 19.8. The maximum absolute atomic E-state index is 5.15. The second kappa shape index (κ2) is 11.7. The van der Waals surface area contributed by atoms with Gasteiger partial charge in [0.1, 0.15) is 0 Å². The first-order valence-corrected chi connectivity index (χ1v) is 16.1. The second-order valence-corrected chi connectivity index (χ2v) is 11.9. The molecule has 0 fully saturated rings. The van der Waals surface area contributed by atoms with Gasteiger partial charge in [0.15, 0.2) is 17.5 Å². The minimum absolute atomic E-state index is 0.643. The molecule has 0 saturated carbocycles. The van der Waals surface area contributed by atoms with Gasteiger partial charge in [-0.1, -0.05) is 158 Å². The van der Waals surface area contributed by atoms with E-state index < -0.39 is 0 Å². The summed E-state index contributed by atoms with van der Waals surface area (Å²) < 4.78 is 0. The fourth-order valence-corrected chi connectivity index (χ4v) is 6.54. The molecule has 9 rings (SSSR count). The van der Waals surface area contributed by atoms with E-state index in [4.69, 9.17) is 19.9 Å². The van der Waals surface area contributed by atoms with Crippen LogP contribution in [0.25, 0.3) is 89.0 Å². The molecule has 0 spiro atoms. The molecular weight excluding hydrogens is 585 g/mol. The Balaban J connectivity index is 1.14. The highest BCUT2D eigenvalue weighted by Crippen LogP contribution is 2.39. The Morgan fingerprint density at radius 3 is 1.50 bits per heavy atom. The van der Waals surface area contributed by atoms with Crippen LogP contribution in [-0.4, -0.2) is 19.9 Å². The Morgan fingerprint density at radius 1 is 0.292 bits per heavy atom. The van der Waals surface area contributed by atoms with Crippen LogP contribution in [0.1, 0.15) is 0 Å². The Morgan fingerprint density at radius 2 is 0.812 bits per heavy atom. The van der Waals surface area contributed by atoms with E-state index in [0.717, 1.165) is 60.6 Å². The first kappa shape index (κ1) is 27.8. The number of fused-ring (bicyclic) bond motifs is 4. The fraction of sp³-hybridized carbons (Fsp3) is 0. The van der Waals surface area contributed by atoms with Crippen molar-refractivity contribution in [3.8, 4) is 56.4 Å². The molecule has 0 radical (unpaired) electrons. The van der Waals surface area contributed by atoms with Gasteiger partial charge in [-0.25, -0.2) is 19.9 Å². The van der Waals surface area contributed by atoms with Gasteiger partial charge in [0.05, 0.1) is 11.0 Å². The van der Waals surface area contributed by atoms with Crippen LogP contribution in [0.3, 0.4) is 0 Å². The first-order valence-electron chi connectivity index (χ1n) is 16.1. The van der Waals surface area contributed by atoms with E-state index in [1.165, 1.54) is 10.9 Å². The lowest BCUT2D eigenvalue weighted by Gasteiger charge is -2.14. The highest BCUT2D eigenvalue weighted by molar-refractivity contribution is 6.17. The number of rotatable bonds is 5. The van der Waals surface area contributed by atoms with Crippen LogP contribution in [0.2, 0.25) is 0 Å². The van der Waals surface area contributed by atoms with Crippen LogP contribution in [0, 0.1) is 0 Å². The Hall–Kier alpha value is -6.52. The van der Waals surface area contributed by atoms with Crippen molar-refractivity contribution in [2.24, 2.45) is 0 Å². The quantitative estimate of drug-likeness (QED) is 0.143. The molecule has 7 aromatic carbocycles. The molecule has 4 heteroatoms. The van der Waals surface area contributed by atoms with Gasteiger partial charge in [0.2, 0.25) is 0 Å². The number of nitrogens with zero attached hydrogens (tertiary/aromatic N) is 4. The highest BCUT2D eigenvalue weighted by Gasteiger charge is 2.15. The van der Waals surface area contributed by atoms with E-state index in [0.29, 0.717) is 17.5 Å². The molecule has 0 N–H and O–H groups in total. The first-order chi connectivity index (χ1) is 23.8. The molecule has 2 aromatic heterocycles. The third kappa shape index (κ3) is 4.97. The average molecular weight is 613 g/mol. The molecule has 0 unspecified atom stereocenters. The van der Waals surface area contributed by atoms with E-state index in [9.17, 15) is 0 Å². The van der Waals surface area contributed by atoms with Gasteiger partial charge < -0.3 is 0 Å². The van der Waals surface area contributed by atoms with Crippen LogP contribution in [0.4, 0.5) is 0 Å². The number of hydrogen-bond acceptors (Lipinski definition) is 4. The molecule has 4 nitrogen and oxygen atoms in total. The van der Waals surface area contributed by atoms with Gasteiger partial charge in [0, 0.05) is 38.4 Å². The third-order valence-corrected chi connectivity index (χ3v) is 8.90. The van der Waals surface area contributed by atoms with Crippen molar-refractivity contribution >= 4 is 32.6 Å². The zero-order chi connectivity index (χ0) is 31.9. The Labute approximate surface area is 278 Å². The van der Waals surface area contributed by atoms with Gasteiger partial charge in [-0.2, -0.15) is 0 Å². The van der Waals surface area contributed by atoms with Crippen LogP contribution >= 0.6 is 0 Å². The summed E-state index contributed by atoms with van der Waals surface area (Å²) in [5, 5.41) is 4.65. The molecular formula is C44H28N4. The molecule has 0 aliphatic carbocycles. The number of para-hydroxylation sites is 1. The smallest absolute Gasteiger partial charge is 0.164 e. The normalized spacial score (nSPS) is 11.3. The molecule has 0 amide bonds. The summed E-state index contributed by atoms with van der Waals surface area (Å²) in [6.45, 7) is 0. The van der Waals surface area contributed by atoms with Crippen LogP contribution in [0.15, 0.2) is 170 Å². The summed E-state index contributed by atoms with van der Waals surface area (Å²) in [5.41, 5.74) is 9.48. The van der Waals surface area contributed by atoms with Gasteiger partial charge in [-0.15, -0.1) is 0 Å². The summed E-state index contributed by atoms with van der Waals surface area (Å²) in [6.07, 6.45) is 0. The maximum atomic E-state index is 5.15. The van der Waals surface area contributed by atoms with Crippen LogP contribution < -0.4 is 0 Å². The van der Waals surface area contributed by atoms with Gasteiger partial charge in [-0.3, -0.25) is 0 Å². The standard InChI is InChI=1S/C44H28N4/c1-3-13-31(14-4-1)42-46-43(32-15-5-2-6-16-32)48-44(47-42)33-24-22-29(23-25-33)34-17-11-18-35(28-34)40-37-20-9-10-21-39(37)45-41-36-19-8-7-12-30(36)26-27-38(40)41/h1-28H. The topological polar surface area (TPSA) is 51.6 Å². The van der Waals surface area contributed by atoms with Crippen molar-refractivity contribution < 1.29 is 0 Å². The Bertz CT molecular complexity index is 2540. The monoisotopic (exact) mass is 612 g/mol. The predicted molar refractivity (Wildman–Crippen MR) is 197 cm³/mol. The van der Waals surface area contributed by atoms with Crippen molar-refractivity contribution in [1.29, 1.82) is 0 Å². The van der Waals surface area contributed by atoms with Crippen molar-refractivity contribution in [2.45, 2.75) is 0 Å². The minimum Gasteiger partial charge on any atom is -0.247 e. The van der Waals surface area contributed by atoms with Crippen LogP contribution in [0.5, 0.6) is 0 Å². The number of aromatic nitrogens is 4. The van der Waals surface area contributed by atoms with E-state index in [1.807, 2.05) is 60.7 Å². The molecule has 0 bridgehead atoms. The fourth-order valence-electron chi connectivity index (χ4n) is 6.54. The predicted octanol–water partition coefficient (Wildman–Crippen LogP) is 11.1. The second-order valence-electron chi connectivity index (χ2n) is 11.9. The number of pyridine rings is 1. The lowest BCUT2D eigenvalue weighted by Crippen LogP contribution is -2.00. The van der Waals surface area contributed by atoms with E-state index in [-0.39, 0.29) is 0 Å². The number of benzene rings is 7. The van der Waals surface area contributed by atoms with Crippen molar-refractivity contribution in [2.75, 3.05) is 0 Å². The highest BCUT2D eigenvalue weighted by atomic mass is 15.0. The zero-order valence-corrected chi connectivity index (χ0v) is 26.0. The minimum atomic E-state index is 0.643. The summed E-state index contributed by atoms with van der Waals surface area (Å²) >= 11 is 0.